The molecule has 7 heteroatoms. The van der Waals surface area contributed by atoms with Crippen LogP contribution in [0.2, 0.25) is 0 Å². The van der Waals surface area contributed by atoms with Gasteiger partial charge in [-0.25, -0.2) is 0 Å². The van der Waals surface area contributed by atoms with Crippen LogP contribution in [0.15, 0.2) is 51.7 Å². The number of carbonyl (C=O) groups excluding carboxylic acids is 1. The Hall–Kier alpha value is -2.67. The Morgan fingerprint density at radius 2 is 1.92 bits per heavy atom. The summed E-state index contributed by atoms with van der Waals surface area (Å²) in [7, 11) is 0. The second-order valence-corrected chi connectivity index (χ2v) is 7.01. The molecule has 0 saturated carbocycles. The summed E-state index contributed by atoms with van der Waals surface area (Å²) in [6, 6.07) is 12.3. The minimum Gasteiger partial charge on any atom is -0.368 e. The number of nitrogens with zero attached hydrogens (tertiary/aromatic N) is 4. The van der Waals surface area contributed by atoms with E-state index in [9.17, 15) is 4.79 Å². The van der Waals surface area contributed by atoms with Crippen LogP contribution in [-0.2, 0) is 11.2 Å². The molecule has 0 radical (unpaired) electrons. The molecule has 0 unspecified atom stereocenters. The summed E-state index contributed by atoms with van der Waals surface area (Å²) in [5.74, 6) is 1.25. The lowest BCUT2D eigenvalue weighted by atomic mass is 10.2. The van der Waals surface area contributed by atoms with Gasteiger partial charge in [0.25, 0.3) is 0 Å². The van der Waals surface area contributed by atoms with Gasteiger partial charge in [0, 0.05) is 55.7 Å². The number of rotatable bonds is 5. The fraction of sp³-hybridized carbons (Fsp3) is 0.316. The molecule has 1 amide bonds. The number of carbonyl (C=O) groups is 1. The Bertz CT molecular complexity index is 840. The maximum Gasteiger partial charge on any atom is 0.227 e. The SMILES string of the molecule is O=C(CCc1nc(-c2ccsc2)no1)N1CCN(c2ccccc2)CC1. The Labute approximate surface area is 156 Å². The van der Waals surface area contributed by atoms with Crippen LogP contribution in [0.4, 0.5) is 5.69 Å². The van der Waals surface area contributed by atoms with Crippen LogP contribution in [0.1, 0.15) is 12.3 Å². The van der Waals surface area contributed by atoms with Crippen LogP contribution in [0, 0.1) is 0 Å². The molecule has 0 spiro atoms. The van der Waals surface area contributed by atoms with E-state index in [-0.39, 0.29) is 5.91 Å². The van der Waals surface area contributed by atoms with Crippen LogP contribution in [0.3, 0.4) is 0 Å². The van der Waals surface area contributed by atoms with Gasteiger partial charge in [-0.1, -0.05) is 23.4 Å². The largest absolute Gasteiger partial charge is 0.368 e. The molecular weight excluding hydrogens is 348 g/mol. The Kier molecular flexibility index (Phi) is 4.97. The number of hydrogen-bond donors (Lipinski definition) is 0. The molecule has 0 aliphatic carbocycles. The first-order chi connectivity index (χ1) is 12.8. The third-order valence-corrected chi connectivity index (χ3v) is 5.24. The number of piperazine rings is 1. The highest BCUT2D eigenvalue weighted by atomic mass is 32.1. The highest BCUT2D eigenvalue weighted by molar-refractivity contribution is 7.08. The van der Waals surface area contributed by atoms with E-state index in [0.717, 1.165) is 31.7 Å². The maximum atomic E-state index is 12.5. The number of anilines is 1. The Balaban J connectivity index is 1.27. The number of aryl methyl sites for hydroxylation is 1. The summed E-state index contributed by atoms with van der Waals surface area (Å²) in [4.78, 5) is 21.1. The van der Waals surface area contributed by atoms with Crippen molar-refractivity contribution in [3.05, 3.63) is 53.0 Å². The standard InChI is InChI=1S/C19H20N4O2S/c24-18(7-6-17-20-19(21-25-17)15-8-13-26-14-15)23-11-9-22(10-12-23)16-4-2-1-3-5-16/h1-5,8,13-14H,6-7,9-12H2. The summed E-state index contributed by atoms with van der Waals surface area (Å²) in [5.41, 5.74) is 2.17. The second kappa shape index (κ2) is 7.70. The molecule has 4 rings (SSSR count). The Morgan fingerprint density at radius 1 is 1.12 bits per heavy atom. The number of aromatic nitrogens is 2. The van der Waals surface area contributed by atoms with Crippen molar-refractivity contribution in [2.24, 2.45) is 0 Å². The van der Waals surface area contributed by atoms with Gasteiger partial charge >= 0.3 is 0 Å². The summed E-state index contributed by atoms with van der Waals surface area (Å²) in [6.07, 6.45) is 0.880. The first-order valence-electron chi connectivity index (χ1n) is 8.72. The van der Waals surface area contributed by atoms with Crippen molar-refractivity contribution in [2.45, 2.75) is 12.8 Å². The van der Waals surface area contributed by atoms with Crippen LogP contribution < -0.4 is 4.90 Å². The summed E-state index contributed by atoms with van der Waals surface area (Å²) < 4.78 is 5.27. The number of thiophene rings is 1. The smallest absolute Gasteiger partial charge is 0.227 e. The van der Waals surface area contributed by atoms with Crippen molar-refractivity contribution in [3.8, 4) is 11.4 Å². The van der Waals surface area contributed by atoms with Gasteiger partial charge in [-0.3, -0.25) is 4.79 Å². The molecule has 1 saturated heterocycles. The molecule has 1 fully saturated rings. The predicted molar refractivity (Wildman–Crippen MR) is 101 cm³/mol. The van der Waals surface area contributed by atoms with Crippen LogP contribution in [-0.4, -0.2) is 47.1 Å². The van der Waals surface area contributed by atoms with Crippen LogP contribution in [0.25, 0.3) is 11.4 Å². The molecule has 1 aliphatic rings. The predicted octanol–water partition coefficient (Wildman–Crippen LogP) is 3.08. The van der Waals surface area contributed by atoms with E-state index in [2.05, 4.69) is 27.2 Å². The summed E-state index contributed by atoms with van der Waals surface area (Å²) in [5, 5.41) is 7.94. The zero-order valence-corrected chi connectivity index (χ0v) is 15.2. The highest BCUT2D eigenvalue weighted by Crippen LogP contribution is 2.19. The average molecular weight is 368 g/mol. The van der Waals surface area contributed by atoms with Gasteiger partial charge in [0.1, 0.15) is 0 Å². The van der Waals surface area contributed by atoms with Gasteiger partial charge in [-0.2, -0.15) is 16.3 Å². The number of benzene rings is 1. The zero-order chi connectivity index (χ0) is 17.8. The second-order valence-electron chi connectivity index (χ2n) is 6.23. The molecule has 2 aromatic heterocycles. The van der Waals surface area contributed by atoms with E-state index in [1.807, 2.05) is 39.9 Å². The van der Waals surface area contributed by atoms with Gasteiger partial charge in [-0.05, 0) is 23.6 Å². The minimum absolute atomic E-state index is 0.146. The third kappa shape index (κ3) is 3.77. The van der Waals surface area contributed by atoms with Crippen molar-refractivity contribution in [3.63, 3.8) is 0 Å². The van der Waals surface area contributed by atoms with E-state index in [1.54, 1.807) is 11.3 Å². The van der Waals surface area contributed by atoms with Crippen LogP contribution >= 0.6 is 11.3 Å². The maximum absolute atomic E-state index is 12.5. The lowest BCUT2D eigenvalue weighted by Crippen LogP contribution is -2.48. The minimum atomic E-state index is 0.146. The summed E-state index contributed by atoms with van der Waals surface area (Å²) >= 11 is 1.59. The molecule has 134 valence electrons. The van der Waals surface area contributed by atoms with E-state index < -0.39 is 0 Å². The topological polar surface area (TPSA) is 62.5 Å². The Morgan fingerprint density at radius 3 is 2.65 bits per heavy atom. The first kappa shape index (κ1) is 16.8. The van der Waals surface area contributed by atoms with E-state index in [0.29, 0.717) is 24.6 Å². The molecule has 0 bridgehead atoms. The van der Waals surface area contributed by atoms with E-state index in [1.165, 1.54) is 5.69 Å². The molecule has 0 atom stereocenters. The molecule has 3 heterocycles. The monoisotopic (exact) mass is 368 g/mol. The van der Waals surface area contributed by atoms with Crippen molar-refractivity contribution >= 4 is 22.9 Å². The van der Waals surface area contributed by atoms with Gasteiger partial charge < -0.3 is 14.3 Å². The highest BCUT2D eigenvalue weighted by Gasteiger charge is 2.21. The van der Waals surface area contributed by atoms with Crippen LogP contribution in [0.5, 0.6) is 0 Å². The number of hydrogen-bond acceptors (Lipinski definition) is 6. The molecule has 0 N–H and O–H groups in total. The first-order valence-corrected chi connectivity index (χ1v) is 9.67. The molecule has 26 heavy (non-hydrogen) atoms. The fourth-order valence-electron chi connectivity index (χ4n) is 3.09. The molecule has 1 aromatic carbocycles. The van der Waals surface area contributed by atoms with E-state index in [4.69, 9.17) is 4.52 Å². The van der Waals surface area contributed by atoms with Crippen molar-refractivity contribution in [1.29, 1.82) is 0 Å². The number of para-hydroxylation sites is 1. The zero-order valence-electron chi connectivity index (χ0n) is 14.4. The van der Waals surface area contributed by atoms with Crippen molar-refractivity contribution < 1.29 is 9.32 Å². The van der Waals surface area contributed by atoms with Crippen molar-refractivity contribution in [1.82, 2.24) is 15.0 Å². The molecule has 1 aliphatic heterocycles. The van der Waals surface area contributed by atoms with Gasteiger partial charge in [-0.15, -0.1) is 0 Å². The third-order valence-electron chi connectivity index (χ3n) is 4.55. The lowest BCUT2D eigenvalue weighted by Gasteiger charge is -2.36. The van der Waals surface area contributed by atoms with Gasteiger partial charge in [0.15, 0.2) is 0 Å². The fourth-order valence-corrected chi connectivity index (χ4v) is 3.72. The molecule has 3 aromatic rings. The summed E-state index contributed by atoms with van der Waals surface area (Å²) in [6.45, 7) is 3.21. The average Bonchev–Trinajstić information content (AvgIpc) is 3.38. The number of amides is 1. The van der Waals surface area contributed by atoms with Crippen molar-refractivity contribution in [2.75, 3.05) is 31.1 Å². The van der Waals surface area contributed by atoms with Gasteiger partial charge in [0.2, 0.25) is 17.6 Å². The quantitative estimate of drug-likeness (QED) is 0.693. The lowest BCUT2D eigenvalue weighted by molar-refractivity contribution is -0.131. The normalized spacial score (nSPS) is 14.6. The molecule has 6 nitrogen and oxygen atoms in total. The molecular formula is C19H20N4O2S. The van der Waals surface area contributed by atoms with Gasteiger partial charge in [0.05, 0.1) is 0 Å². The van der Waals surface area contributed by atoms with E-state index >= 15 is 0 Å².